The van der Waals surface area contributed by atoms with E-state index in [1.165, 1.54) is 27.2 Å². The summed E-state index contributed by atoms with van der Waals surface area (Å²) in [4.78, 5) is 21.7. The predicted molar refractivity (Wildman–Crippen MR) is 122 cm³/mol. The van der Waals surface area contributed by atoms with E-state index in [2.05, 4.69) is 20.4 Å². The number of hydrogen-bond donors (Lipinski definition) is 1. The number of nitrogens with one attached hydrogen (secondary N) is 1. The lowest BCUT2D eigenvalue weighted by Crippen LogP contribution is -2.40. The number of aromatic nitrogens is 4. The number of morpholine rings is 1. The Balaban J connectivity index is 1.65. The van der Waals surface area contributed by atoms with Crippen molar-refractivity contribution in [3.05, 3.63) is 58.0 Å². The molecule has 0 atom stereocenters. The number of amides is 1. The molecule has 4 rings (SSSR count). The van der Waals surface area contributed by atoms with Crippen molar-refractivity contribution in [2.45, 2.75) is 25.7 Å². The van der Waals surface area contributed by atoms with Crippen LogP contribution in [0.5, 0.6) is 0 Å². The second-order valence-electron chi connectivity index (χ2n) is 7.65. The molecule has 1 aliphatic heterocycles. The summed E-state index contributed by atoms with van der Waals surface area (Å²) in [5, 5.41) is 7.20. The number of hydrogen-bond acceptors (Lipinski definition) is 7. The molecule has 1 saturated heterocycles. The Labute approximate surface area is 196 Å². The van der Waals surface area contributed by atoms with E-state index >= 15 is 0 Å². The van der Waals surface area contributed by atoms with E-state index in [9.17, 15) is 13.2 Å². The van der Waals surface area contributed by atoms with Crippen molar-refractivity contribution in [2.75, 3.05) is 31.6 Å². The zero-order chi connectivity index (χ0) is 23.8. The third kappa shape index (κ3) is 4.91. The Morgan fingerprint density at radius 2 is 1.70 bits per heavy atom. The molecule has 1 aliphatic rings. The van der Waals surface area contributed by atoms with Gasteiger partial charge in [-0.2, -0.15) is 14.1 Å². The summed E-state index contributed by atoms with van der Waals surface area (Å²) in [7, 11) is -3.87. The maximum atomic E-state index is 13.1. The van der Waals surface area contributed by atoms with Gasteiger partial charge in [0.25, 0.3) is 11.9 Å². The van der Waals surface area contributed by atoms with Gasteiger partial charge in [0.2, 0.25) is 10.0 Å². The number of rotatable bonds is 5. The van der Waals surface area contributed by atoms with Crippen LogP contribution in [-0.4, -0.2) is 64.7 Å². The first-order valence-electron chi connectivity index (χ1n) is 10.2. The van der Waals surface area contributed by atoms with E-state index in [-0.39, 0.29) is 28.6 Å². The lowest BCUT2D eigenvalue weighted by Gasteiger charge is -2.26. The van der Waals surface area contributed by atoms with E-state index < -0.39 is 15.9 Å². The number of sulfonamides is 1. The van der Waals surface area contributed by atoms with Gasteiger partial charge in [0.15, 0.2) is 0 Å². The van der Waals surface area contributed by atoms with Gasteiger partial charge in [-0.3, -0.25) is 4.79 Å². The van der Waals surface area contributed by atoms with E-state index in [0.717, 1.165) is 11.4 Å². The quantitative estimate of drug-likeness (QED) is 0.583. The smallest absolute Gasteiger partial charge is 0.256 e. The highest BCUT2D eigenvalue weighted by molar-refractivity contribution is 7.89. The van der Waals surface area contributed by atoms with Crippen LogP contribution in [0.1, 0.15) is 27.4 Å². The van der Waals surface area contributed by atoms with Crippen LogP contribution in [0.15, 0.2) is 35.2 Å². The molecule has 10 nitrogen and oxygen atoms in total. The van der Waals surface area contributed by atoms with Gasteiger partial charge in [0.05, 0.1) is 23.9 Å². The zero-order valence-corrected chi connectivity index (χ0v) is 19.9. The molecule has 33 heavy (non-hydrogen) atoms. The molecule has 0 saturated carbocycles. The minimum absolute atomic E-state index is 0.0440. The van der Waals surface area contributed by atoms with E-state index in [1.807, 2.05) is 19.9 Å². The fraction of sp³-hybridized carbons (Fsp3) is 0.333. The molecular weight excluding hydrogens is 468 g/mol. The monoisotopic (exact) mass is 490 g/mol. The number of ether oxygens (including phenoxy) is 1. The van der Waals surface area contributed by atoms with Gasteiger partial charge in [-0.05, 0) is 45.0 Å². The van der Waals surface area contributed by atoms with Crippen LogP contribution in [0, 0.1) is 20.8 Å². The summed E-state index contributed by atoms with van der Waals surface area (Å²) in [6, 6.07) is 7.67. The van der Waals surface area contributed by atoms with Crippen molar-refractivity contribution < 1.29 is 17.9 Å². The largest absolute Gasteiger partial charge is 0.379 e. The molecule has 0 bridgehead atoms. The number of benzene rings is 1. The molecule has 12 heteroatoms. The highest BCUT2D eigenvalue weighted by Gasteiger charge is 2.29. The van der Waals surface area contributed by atoms with E-state index in [0.29, 0.717) is 30.7 Å². The molecule has 1 fully saturated rings. The van der Waals surface area contributed by atoms with Gasteiger partial charge in [-0.25, -0.2) is 18.4 Å². The minimum Gasteiger partial charge on any atom is -0.379 e. The number of anilines is 1. The molecule has 1 N–H and O–H groups in total. The minimum atomic E-state index is -3.87. The van der Waals surface area contributed by atoms with Crippen LogP contribution in [0.4, 0.5) is 5.82 Å². The predicted octanol–water partition coefficient (Wildman–Crippen LogP) is 2.51. The van der Waals surface area contributed by atoms with Gasteiger partial charge >= 0.3 is 0 Å². The Bertz CT molecular complexity index is 1300. The topological polar surface area (TPSA) is 119 Å². The summed E-state index contributed by atoms with van der Waals surface area (Å²) >= 11 is 6.20. The van der Waals surface area contributed by atoms with Gasteiger partial charge in [-0.15, -0.1) is 0 Å². The normalized spacial score (nSPS) is 14.9. The summed E-state index contributed by atoms with van der Waals surface area (Å²) in [5.41, 5.74) is 2.31. The summed E-state index contributed by atoms with van der Waals surface area (Å²) < 4.78 is 34.1. The first-order chi connectivity index (χ1) is 15.6. The van der Waals surface area contributed by atoms with Gasteiger partial charge in [0.1, 0.15) is 10.7 Å². The summed E-state index contributed by atoms with van der Waals surface area (Å²) in [6.45, 7) is 6.53. The molecule has 3 heterocycles. The Morgan fingerprint density at radius 1 is 1.03 bits per heavy atom. The van der Waals surface area contributed by atoms with Crippen LogP contribution in [0.3, 0.4) is 0 Å². The lowest BCUT2D eigenvalue weighted by molar-refractivity contribution is 0.0730. The third-order valence-electron chi connectivity index (χ3n) is 5.01. The maximum Gasteiger partial charge on any atom is 0.256 e. The summed E-state index contributed by atoms with van der Waals surface area (Å²) in [5.74, 6) is 0.160. The molecule has 0 unspecified atom stereocenters. The Kier molecular flexibility index (Phi) is 6.48. The number of nitrogens with zero attached hydrogens (tertiary/aromatic N) is 5. The molecule has 2 aromatic heterocycles. The van der Waals surface area contributed by atoms with Crippen LogP contribution < -0.4 is 5.32 Å². The number of halogens is 1. The fourth-order valence-corrected chi connectivity index (χ4v) is 5.41. The highest BCUT2D eigenvalue weighted by atomic mass is 35.5. The highest BCUT2D eigenvalue weighted by Crippen LogP contribution is 2.27. The lowest BCUT2D eigenvalue weighted by atomic mass is 10.2. The Hall–Kier alpha value is -2.86. The van der Waals surface area contributed by atoms with Crippen LogP contribution in [0.2, 0.25) is 5.02 Å². The van der Waals surface area contributed by atoms with E-state index in [1.54, 1.807) is 13.0 Å². The SMILES string of the molecule is Cc1cc(C)nc(-n2nc(C)cc2NC(=O)c2ccc(Cl)c(S(=O)(=O)N3CCOCC3)c2)n1. The molecular formula is C21H23ClN6O4S. The van der Waals surface area contributed by atoms with Crippen LogP contribution in [0.25, 0.3) is 5.95 Å². The number of aryl methyl sites for hydroxylation is 3. The Morgan fingerprint density at radius 3 is 2.36 bits per heavy atom. The molecule has 3 aromatic rings. The molecule has 0 radical (unpaired) electrons. The first kappa shape index (κ1) is 23.3. The standard InChI is InChI=1S/C21H23ClN6O4S/c1-13-10-14(2)24-21(23-13)28-19(11-15(3)26-28)25-20(29)16-4-5-17(22)18(12-16)33(30,31)27-6-8-32-9-7-27/h4-5,10-12H,6-9H2,1-3H3,(H,25,29). The van der Waals surface area contributed by atoms with Crippen molar-refractivity contribution in [2.24, 2.45) is 0 Å². The molecule has 1 aromatic carbocycles. The van der Waals surface area contributed by atoms with Gasteiger partial charge < -0.3 is 10.1 Å². The van der Waals surface area contributed by atoms with Crippen molar-refractivity contribution in [1.29, 1.82) is 0 Å². The second kappa shape index (κ2) is 9.18. The molecule has 1 amide bonds. The van der Waals surface area contributed by atoms with Gasteiger partial charge in [0, 0.05) is 36.1 Å². The molecule has 0 aliphatic carbocycles. The van der Waals surface area contributed by atoms with Crippen LogP contribution >= 0.6 is 11.6 Å². The fourth-order valence-electron chi connectivity index (χ4n) is 3.50. The van der Waals surface area contributed by atoms with E-state index in [4.69, 9.17) is 16.3 Å². The zero-order valence-electron chi connectivity index (χ0n) is 18.4. The second-order valence-corrected chi connectivity index (χ2v) is 9.96. The molecule has 0 spiro atoms. The van der Waals surface area contributed by atoms with Crippen molar-refractivity contribution in [3.63, 3.8) is 0 Å². The number of carbonyl (C=O) groups excluding carboxylic acids is 1. The van der Waals surface area contributed by atoms with Crippen molar-refractivity contribution >= 4 is 33.3 Å². The maximum absolute atomic E-state index is 13.1. The summed E-state index contributed by atoms with van der Waals surface area (Å²) in [6.07, 6.45) is 0. The number of carbonyl (C=O) groups is 1. The third-order valence-corrected chi connectivity index (χ3v) is 7.39. The molecule has 174 valence electrons. The van der Waals surface area contributed by atoms with Crippen molar-refractivity contribution in [3.8, 4) is 5.95 Å². The average Bonchev–Trinajstić information content (AvgIpc) is 3.13. The van der Waals surface area contributed by atoms with Gasteiger partial charge in [-0.1, -0.05) is 11.6 Å². The average molecular weight is 491 g/mol. The first-order valence-corrected chi connectivity index (χ1v) is 12.0. The van der Waals surface area contributed by atoms with Crippen LogP contribution in [-0.2, 0) is 14.8 Å². The van der Waals surface area contributed by atoms with Crippen molar-refractivity contribution in [1.82, 2.24) is 24.1 Å².